The molecule has 0 bridgehead atoms. The van der Waals surface area contributed by atoms with E-state index in [1.165, 1.54) is 47.1 Å². The number of benzene rings is 1. The van der Waals surface area contributed by atoms with Crippen LogP contribution < -0.4 is 21.4 Å². The van der Waals surface area contributed by atoms with Crippen LogP contribution in [0.3, 0.4) is 0 Å². The largest absolute Gasteiger partial charge is 0.375 e. The van der Waals surface area contributed by atoms with Gasteiger partial charge >= 0.3 is 6.03 Å². The number of anilines is 1. The number of aromatic nitrogens is 1. The molecule has 0 spiro atoms. The summed E-state index contributed by atoms with van der Waals surface area (Å²) < 4.78 is 2.51. The van der Waals surface area contributed by atoms with Gasteiger partial charge in [0, 0.05) is 50.0 Å². The molecule has 1 aliphatic carbocycles. The average Bonchev–Trinajstić information content (AvgIpc) is 3.10. The van der Waals surface area contributed by atoms with E-state index in [1.807, 2.05) is 45.1 Å². The predicted octanol–water partition coefficient (Wildman–Crippen LogP) is 5.86. The van der Waals surface area contributed by atoms with E-state index < -0.39 is 0 Å². The van der Waals surface area contributed by atoms with Crippen LogP contribution in [0.25, 0.3) is 17.0 Å². The van der Waals surface area contributed by atoms with Crippen molar-refractivity contribution in [1.29, 1.82) is 0 Å². The molecule has 7 nitrogen and oxygen atoms in total. The number of aryl methyl sites for hydroxylation is 1. The zero-order valence-corrected chi connectivity index (χ0v) is 23.1. The van der Waals surface area contributed by atoms with Gasteiger partial charge in [0.15, 0.2) is 0 Å². The number of carbonyl (C=O) groups is 1. The Labute approximate surface area is 222 Å². The van der Waals surface area contributed by atoms with Crippen LogP contribution in [0.5, 0.6) is 0 Å². The normalized spacial score (nSPS) is 14.5. The van der Waals surface area contributed by atoms with E-state index in [4.69, 9.17) is 5.84 Å². The van der Waals surface area contributed by atoms with Crippen LogP contribution >= 0.6 is 0 Å². The summed E-state index contributed by atoms with van der Waals surface area (Å²) in [5.41, 5.74) is 5.74. The summed E-state index contributed by atoms with van der Waals surface area (Å²) in [5.74, 6) is 5.87. The Morgan fingerprint density at radius 2 is 2.05 bits per heavy atom. The first-order valence-corrected chi connectivity index (χ1v) is 13.3. The lowest BCUT2D eigenvalue weighted by Gasteiger charge is -2.30. The van der Waals surface area contributed by atoms with E-state index in [9.17, 15) is 4.79 Å². The molecule has 0 unspecified atom stereocenters. The number of hydrogen-bond donors (Lipinski definition) is 3. The first kappa shape index (κ1) is 28.1. The highest BCUT2D eigenvalue weighted by atomic mass is 16.2. The molecule has 0 atom stereocenters. The molecule has 2 aromatic rings. The van der Waals surface area contributed by atoms with Gasteiger partial charge in [0.25, 0.3) is 0 Å². The summed E-state index contributed by atoms with van der Waals surface area (Å²) >= 11 is 0. The van der Waals surface area contributed by atoms with Crippen molar-refractivity contribution in [3.05, 3.63) is 72.2 Å². The molecule has 4 N–H and O–H groups in total. The van der Waals surface area contributed by atoms with E-state index >= 15 is 0 Å². The SMILES string of the molecule is C=CN(N)CCCc1ccc2c(c1)c(N(C)C)c(/C=C/C=C(\C=C/C)NC(=O)NC(C)C)n2C1CCC1. The number of urea groups is 1. The molecule has 7 heteroatoms. The highest BCUT2D eigenvalue weighted by Gasteiger charge is 2.26. The smallest absolute Gasteiger partial charge is 0.319 e. The number of nitrogens with one attached hydrogen (secondary N) is 2. The summed E-state index contributed by atoms with van der Waals surface area (Å²) in [6.45, 7) is 10.3. The maximum atomic E-state index is 12.2. The van der Waals surface area contributed by atoms with Crippen molar-refractivity contribution in [2.24, 2.45) is 5.84 Å². The Kier molecular flexibility index (Phi) is 10.0. The van der Waals surface area contributed by atoms with Crippen LogP contribution in [-0.2, 0) is 6.42 Å². The fourth-order valence-corrected chi connectivity index (χ4v) is 4.74. The van der Waals surface area contributed by atoms with E-state index in [0.29, 0.717) is 6.04 Å². The van der Waals surface area contributed by atoms with Gasteiger partial charge in [-0.1, -0.05) is 24.8 Å². The number of nitrogens with two attached hydrogens (primary N) is 1. The average molecular weight is 505 g/mol. The first-order valence-electron chi connectivity index (χ1n) is 13.3. The van der Waals surface area contributed by atoms with Crippen molar-refractivity contribution in [1.82, 2.24) is 20.2 Å². The van der Waals surface area contributed by atoms with Crippen LogP contribution in [0, 0.1) is 0 Å². The van der Waals surface area contributed by atoms with Crippen molar-refractivity contribution < 1.29 is 4.79 Å². The van der Waals surface area contributed by atoms with Gasteiger partial charge in [-0.15, -0.1) is 0 Å². The van der Waals surface area contributed by atoms with Gasteiger partial charge in [0.05, 0.1) is 16.9 Å². The van der Waals surface area contributed by atoms with Gasteiger partial charge in [-0.3, -0.25) is 0 Å². The molecule has 0 aliphatic heterocycles. The highest BCUT2D eigenvalue weighted by molar-refractivity contribution is 5.99. The molecule has 37 heavy (non-hydrogen) atoms. The molecular weight excluding hydrogens is 460 g/mol. The number of hydrogen-bond acceptors (Lipinski definition) is 4. The Morgan fingerprint density at radius 3 is 2.65 bits per heavy atom. The molecule has 0 radical (unpaired) electrons. The van der Waals surface area contributed by atoms with Crippen molar-refractivity contribution >= 4 is 28.7 Å². The lowest BCUT2D eigenvalue weighted by Crippen LogP contribution is -2.38. The first-order chi connectivity index (χ1) is 17.7. The fourth-order valence-electron chi connectivity index (χ4n) is 4.74. The second-order valence-electron chi connectivity index (χ2n) is 10.2. The topological polar surface area (TPSA) is 78.6 Å². The molecule has 0 saturated heterocycles. The van der Waals surface area contributed by atoms with Crippen molar-refractivity contribution in [2.75, 3.05) is 25.5 Å². The third-order valence-corrected chi connectivity index (χ3v) is 6.63. The van der Waals surface area contributed by atoms with Crippen LogP contribution in [0.1, 0.15) is 63.8 Å². The van der Waals surface area contributed by atoms with Gasteiger partial charge < -0.3 is 25.1 Å². The van der Waals surface area contributed by atoms with Gasteiger partial charge in [-0.05, 0) is 88.8 Å². The van der Waals surface area contributed by atoms with Crippen LogP contribution in [0.2, 0.25) is 0 Å². The molecule has 3 rings (SSSR count). The molecule has 200 valence electrons. The number of amides is 2. The third kappa shape index (κ3) is 7.29. The second-order valence-corrected chi connectivity index (χ2v) is 10.2. The Bertz CT molecular complexity index is 1170. The fraction of sp³-hybridized carbons (Fsp3) is 0.433. The number of rotatable bonds is 12. The van der Waals surface area contributed by atoms with Gasteiger partial charge in [0.2, 0.25) is 0 Å². The zero-order valence-electron chi connectivity index (χ0n) is 23.1. The van der Waals surface area contributed by atoms with Gasteiger partial charge in [-0.25, -0.2) is 10.6 Å². The summed E-state index contributed by atoms with van der Waals surface area (Å²) in [6, 6.07) is 7.24. The molecule has 1 saturated carbocycles. The Balaban J connectivity index is 1.99. The molecule has 2 amide bonds. The number of nitrogens with zero attached hydrogens (tertiary/aromatic N) is 3. The second kappa shape index (κ2) is 13.2. The Morgan fingerprint density at radius 1 is 1.30 bits per heavy atom. The van der Waals surface area contributed by atoms with Gasteiger partial charge in [-0.2, -0.15) is 0 Å². The predicted molar refractivity (Wildman–Crippen MR) is 157 cm³/mol. The van der Waals surface area contributed by atoms with E-state index in [0.717, 1.165) is 25.1 Å². The summed E-state index contributed by atoms with van der Waals surface area (Å²) in [6.07, 6.45) is 17.2. The minimum absolute atomic E-state index is 0.0735. The minimum atomic E-state index is -0.205. The highest BCUT2D eigenvalue weighted by Crippen LogP contribution is 2.42. The standard InChI is InChI=1S/C30H44N6O/c1-7-12-24(33-30(37)32-22(3)4)14-9-17-28-29(34(5)6)26-21-23(13-11-20-35(31)8-2)18-19-27(26)36(28)25-15-10-16-25/h7-9,12,14,17-19,21-22,25H,2,10-11,13,15-16,20,31H2,1,3-6H3,(H2,32,33,37)/b12-7-,17-9+,24-14+. The number of allylic oxidation sites excluding steroid dienone is 4. The van der Waals surface area contributed by atoms with E-state index in [2.05, 4.69) is 65.0 Å². The summed E-state index contributed by atoms with van der Waals surface area (Å²) in [5, 5.41) is 8.72. The maximum absolute atomic E-state index is 12.2. The third-order valence-electron chi connectivity index (χ3n) is 6.63. The van der Waals surface area contributed by atoms with E-state index in [1.54, 1.807) is 11.2 Å². The molecule has 1 heterocycles. The molecule has 1 aromatic carbocycles. The molecule has 1 fully saturated rings. The van der Waals surface area contributed by atoms with Gasteiger partial charge in [0.1, 0.15) is 0 Å². The zero-order chi connectivity index (χ0) is 26.9. The summed E-state index contributed by atoms with van der Waals surface area (Å²) in [4.78, 5) is 14.5. The molecular formula is C30H44N6O. The van der Waals surface area contributed by atoms with Crippen molar-refractivity contribution in [3.8, 4) is 0 Å². The van der Waals surface area contributed by atoms with Crippen molar-refractivity contribution in [3.63, 3.8) is 0 Å². The minimum Gasteiger partial charge on any atom is -0.375 e. The van der Waals surface area contributed by atoms with Crippen LogP contribution in [-0.4, -0.2) is 42.3 Å². The number of carbonyl (C=O) groups excluding carboxylic acids is 1. The monoisotopic (exact) mass is 504 g/mol. The van der Waals surface area contributed by atoms with E-state index in [-0.39, 0.29) is 12.1 Å². The quantitative estimate of drug-likeness (QED) is 0.192. The van der Waals surface area contributed by atoms with Crippen LogP contribution in [0.15, 0.2) is 61.0 Å². The summed E-state index contributed by atoms with van der Waals surface area (Å²) in [7, 11) is 4.22. The Hall–Kier alpha value is -3.45. The number of fused-ring (bicyclic) bond motifs is 1. The molecule has 1 aromatic heterocycles. The maximum Gasteiger partial charge on any atom is 0.319 e. The lowest BCUT2D eigenvalue weighted by molar-refractivity contribution is 0.241. The number of hydrazine groups is 1. The van der Waals surface area contributed by atoms with Crippen LogP contribution in [0.4, 0.5) is 10.5 Å². The van der Waals surface area contributed by atoms with Crippen molar-refractivity contribution in [2.45, 2.75) is 65.0 Å². The lowest BCUT2D eigenvalue weighted by atomic mass is 9.92. The molecule has 1 aliphatic rings.